The number of rotatable bonds is 5. The highest BCUT2D eigenvalue weighted by atomic mass is 16.5. The number of aliphatic hydroxyl groups is 1. The smallest absolute Gasteiger partial charge is 0.124 e. The first kappa shape index (κ1) is 12.0. The van der Waals surface area contributed by atoms with Crippen molar-refractivity contribution in [3.63, 3.8) is 0 Å². The van der Waals surface area contributed by atoms with E-state index >= 15 is 0 Å². The van der Waals surface area contributed by atoms with E-state index in [0.29, 0.717) is 12.2 Å². The van der Waals surface area contributed by atoms with Gasteiger partial charge in [0.05, 0.1) is 13.2 Å². The summed E-state index contributed by atoms with van der Waals surface area (Å²) in [5, 5.41) is 9.97. The Morgan fingerprint density at radius 2 is 2.07 bits per heavy atom. The van der Waals surface area contributed by atoms with Crippen LogP contribution in [-0.4, -0.2) is 18.3 Å². The third kappa shape index (κ3) is 3.22. The van der Waals surface area contributed by atoms with Crippen LogP contribution in [0.15, 0.2) is 24.3 Å². The number of aliphatic hydroxyl groups excluding tert-OH is 1. The van der Waals surface area contributed by atoms with Crippen LogP contribution in [0.1, 0.15) is 31.4 Å². The maximum absolute atomic E-state index is 9.97. The van der Waals surface area contributed by atoms with E-state index in [9.17, 15) is 5.11 Å². The van der Waals surface area contributed by atoms with E-state index in [4.69, 9.17) is 10.5 Å². The van der Waals surface area contributed by atoms with Crippen molar-refractivity contribution in [3.8, 4) is 5.75 Å². The van der Waals surface area contributed by atoms with Gasteiger partial charge in [0.15, 0.2) is 0 Å². The summed E-state index contributed by atoms with van der Waals surface area (Å²) in [5.41, 5.74) is 6.61. The molecule has 1 rings (SSSR count). The molecule has 3 nitrogen and oxygen atoms in total. The molecule has 15 heavy (non-hydrogen) atoms. The molecule has 84 valence electrons. The van der Waals surface area contributed by atoms with Crippen LogP contribution in [0.2, 0.25) is 0 Å². The first-order valence-corrected chi connectivity index (χ1v) is 5.25. The molecule has 0 fully saturated rings. The minimum Gasteiger partial charge on any atom is -0.496 e. The zero-order valence-electron chi connectivity index (χ0n) is 9.31. The average Bonchev–Trinajstić information content (AvgIpc) is 2.28. The molecule has 3 heteroatoms. The fourth-order valence-corrected chi connectivity index (χ4v) is 1.52. The molecule has 0 spiro atoms. The van der Waals surface area contributed by atoms with Gasteiger partial charge in [0.1, 0.15) is 5.75 Å². The Kier molecular flexibility index (Phi) is 4.59. The summed E-state index contributed by atoms with van der Waals surface area (Å²) in [6.45, 7) is 2.01. The van der Waals surface area contributed by atoms with Gasteiger partial charge in [-0.05, 0) is 18.9 Å². The monoisotopic (exact) mass is 209 g/mol. The summed E-state index contributed by atoms with van der Waals surface area (Å²) in [6.07, 6.45) is 0.888. The topological polar surface area (TPSA) is 55.5 Å². The Balaban J connectivity index is 2.76. The third-order valence-electron chi connectivity index (χ3n) is 2.55. The second-order valence-electron chi connectivity index (χ2n) is 3.66. The number of para-hydroxylation sites is 1. The van der Waals surface area contributed by atoms with Gasteiger partial charge >= 0.3 is 0 Å². The van der Waals surface area contributed by atoms with Gasteiger partial charge < -0.3 is 15.6 Å². The summed E-state index contributed by atoms with van der Waals surface area (Å²) < 4.78 is 5.18. The molecule has 0 amide bonds. The van der Waals surface area contributed by atoms with E-state index in [1.165, 1.54) is 0 Å². The highest BCUT2D eigenvalue weighted by molar-refractivity contribution is 5.34. The average molecular weight is 209 g/mol. The van der Waals surface area contributed by atoms with E-state index in [1.54, 1.807) is 7.11 Å². The molecule has 1 aromatic rings. The van der Waals surface area contributed by atoms with Crippen LogP contribution in [0.4, 0.5) is 0 Å². The number of nitrogens with two attached hydrogens (primary N) is 1. The minimum atomic E-state index is -0.545. The zero-order valence-corrected chi connectivity index (χ0v) is 9.31. The Hall–Kier alpha value is -1.06. The van der Waals surface area contributed by atoms with Gasteiger partial charge in [-0.3, -0.25) is 0 Å². The molecule has 2 atom stereocenters. The van der Waals surface area contributed by atoms with E-state index < -0.39 is 6.10 Å². The molecule has 0 bridgehead atoms. The lowest BCUT2D eigenvalue weighted by Gasteiger charge is -2.17. The standard InChI is InChI=1S/C12H19NO2/c1-3-9(13)8-11(14)10-6-4-5-7-12(10)15-2/h4-7,9,11,14H,3,8,13H2,1-2H3. The largest absolute Gasteiger partial charge is 0.496 e. The number of ether oxygens (including phenoxy) is 1. The van der Waals surface area contributed by atoms with E-state index in [2.05, 4.69) is 0 Å². The van der Waals surface area contributed by atoms with Crippen molar-refractivity contribution in [2.24, 2.45) is 5.73 Å². The summed E-state index contributed by atoms with van der Waals surface area (Å²) >= 11 is 0. The van der Waals surface area contributed by atoms with E-state index in [0.717, 1.165) is 12.0 Å². The second kappa shape index (κ2) is 5.73. The van der Waals surface area contributed by atoms with E-state index in [1.807, 2.05) is 31.2 Å². The van der Waals surface area contributed by atoms with Crippen LogP contribution in [0.3, 0.4) is 0 Å². The van der Waals surface area contributed by atoms with Gasteiger partial charge in [0.25, 0.3) is 0 Å². The summed E-state index contributed by atoms with van der Waals surface area (Å²) in [5.74, 6) is 0.716. The zero-order chi connectivity index (χ0) is 11.3. The lowest BCUT2D eigenvalue weighted by atomic mass is 10.0. The quantitative estimate of drug-likeness (QED) is 0.778. The molecule has 0 saturated carbocycles. The predicted molar refractivity (Wildman–Crippen MR) is 60.8 cm³/mol. The lowest BCUT2D eigenvalue weighted by Crippen LogP contribution is -2.21. The Morgan fingerprint density at radius 1 is 1.40 bits per heavy atom. The summed E-state index contributed by atoms with van der Waals surface area (Å²) in [6, 6.07) is 7.51. The number of hydrogen-bond donors (Lipinski definition) is 2. The molecule has 0 aliphatic rings. The maximum atomic E-state index is 9.97. The molecule has 1 aromatic carbocycles. The Bertz CT molecular complexity index is 301. The normalized spacial score (nSPS) is 14.7. The molecular formula is C12H19NO2. The third-order valence-corrected chi connectivity index (χ3v) is 2.55. The molecule has 0 heterocycles. The summed E-state index contributed by atoms with van der Waals surface area (Å²) in [4.78, 5) is 0. The number of hydrogen-bond acceptors (Lipinski definition) is 3. The SMILES string of the molecule is CCC(N)CC(O)c1ccccc1OC. The van der Waals surface area contributed by atoms with Gasteiger partial charge in [0.2, 0.25) is 0 Å². The lowest BCUT2D eigenvalue weighted by molar-refractivity contribution is 0.153. The Morgan fingerprint density at radius 3 is 2.67 bits per heavy atom. The van der Waals surface area contributed by atoms with Crippen molar-refractivity contribution < 1.29 is 9.84 Å². The molecular weight excluding hydrogens is 190 g/mol. The van der Waals surface area contributed by atoms with Crippen molar-refractivity contribution in [2.45, 2.75) is 31.9 Å². The molecule has 0 aliphatic carbocycles. The van der Waals surface area contributed by atoms with Crippen LogP contribution in [0.5, 0.6) is 5.75 Å². The minimum absolute atomic E-state index is 0.0323. The maximum Gasteiger partial charge on any atom is 0.124 e. The molecule has 0 saturated heterocycles. The highest BCUT2D eigenvalue weighted by Crippen LogP contribution is 2.27. The van der Waals surface area contributed by atoms with E-state index in [-0.39, 0.29) is 6.04 Å². The van der Waals surface area contributed by atoms with Gasteiger partial charge in [0, 0.05) is 11.6 Å². The molecule has 0 aliphatic heterocycles. The van der Waals surface area contributed by atoms with Crippen LogP contribution in [0.25, 0.3) is 0 Å². The predicted octanol–water partition coefficient (Wildman–Crippen LogP) is 1.86. The first-order chi connectivity index (χ1) is 7.19. The molecule has 2 unspecified atom stereocenters. The molecule has 0 aromatic heterocycles. The van der Waals surface area contributed by atoms with Gasteiger partial charge in [-0.2, -0.15) is 0 Å². The van der Waals surface area contributed by atoms with Crippen molar-refractivity contribution in [3.05, 3.63) is 29.8 Å². The van der Waals surface area contributed by atoms with Crippen LogP contribution < -0.4 is 10.5 Å². The van der Waals surface area contributed by atoms with Crippen LogP contribution >= 0.6 is 0 Å². The van der Waals surface area contributed by atoms with Crippen molar-refractivity contribution in [1.29, 1.82) is 0 Å². The van der Waals surface area contributed by atoms with Crippen molar-refractivity contribution >= 4 is 0 Å². The first-order valence-electron chi connectivity index (χ1n) is 5.25. The van der Waals surface area contributed by atoms with Crippen LogP contribution in [-0.2, 0) is 0 Å². The number of benzene rings is 1. The molecule has 0 radical (unpaired) electrons. The van der Waals surface area contributed by atoms with Crippen molar-refractivity contribution in [2.75, 3.05) is 7.11 Å². The number of methoxy groups -OCH3 is 1. The molecule has 3 N–H and O–H groups in total. The van der Waals surface area contributed by atoms with Gasteiger partial charge in [-0.1, -0.05) is 25.1 Å². The summed E-state index contributed by atoms with van der Waals surface area (Å²) in [7, 11) is 1.60. The van der Waals surface area contributed by atoms with Gasteiger partial charge in [-0.15, -0.1) is 0 Å². The highest BCUT2D eigenvalue weighted by Gasteiger charge is 2.15. The Labute approximate surface area is 90.9 Å². The fourth-order valence-electron chi connectivity index (χ4n) is 1.52. The van der Waals surface area contributed by atoms with Gasteiger partial charge in [-0.25, -0.2) is 0 Å². The second-order valence-corrected chi connectivity index (χ2v) is 3.66. The van der Waals surface area contributed by atoms with Crippen molar-refractivity contribution in [1.82, 2.24) is 0 Å². The van der Waals surface area contributed by atoms with Crippen LogP contribution in [0, 0.1) is 0 Å². The fraction of sp³-hybridized carbons (Fsp3) is 0.500.